The number of H-pyrrole nitrogens is 1. The Bertz CT molecular complexity index is 494. The summed E-state index contributed by atoms with van der Waals surface area (Å²) in [6, 6.07) is 9.03. The van der Waals surface area contributed by atoms with E-state index in [1.807, 2.05) is 24.3 Å². The van der Waals surface area contributed by atoms with Crippen LogP contribution in [-0.2, 0) is 13.2 Å². The molecule has 0 radical (unpaired) electrons. The van der Waals surface area contributed by atoms with Gasteiger partial charge in [0.15, 0.2) is 0 Å². The Morgan fingerprint density at radius 2 is 2.06 bits per heavy atom. The third kappa shape index (κ3) is 2.70. The number of hydrogen-bond acceptors (Lipinski definition) is 3. The quantitative estimate of drug-likeness (QED) is 0.729. The van der Waals surface area contributed by atoms with E-state index in [0.29, 0.717) is 12.2 Å². The predicted molar refractivity (Wildman–Crippen MR) is 62.1 cm³/mol. The molecule has 0 aliphatic rings. The van der Waals surface area contributed by atoms with Crippen molar-refractivity contribution in [2.24, 2.45) is 0 Å². The number of nitrogens with zero attached hydrogens (tertiary/aromatic N) is 1. The highest BCUT2D eigenvalue weighted by Crippen LogP contribution is 2.08. The molecule has 2 aromatic rings. The Balaban J connectivity index is 2.00. The first-order valence-corrected chi connectivity index (χ1v) is 5.26. The first-order chi connectivity index (χ1) is 8.31. The molecule has 1 aromatic carbocycles. The number of benzene rings is 1. The van der Waals surface area contributed by atoms with Crippen LogP contribution in [0.1, 0.15) is 21.6 Å². The average Bonchev–Trinajstić information content (AvgIpc) is 2.90. The smallest absolute Gasteiger partial charge is 0.269 e. The Morgan fingerprint density at radius 3 is 2.71 bits per heavy atom. The third-order valence-electron chi connectivity index (χ3n) is 2.47. The van der Waals surface area contributed by atoms with Crippen LogP contribution in [-0.4, -0.2) is 21.2 Å². The van der Waals surface area contributed by atoms with E-state index in [1.54, 1.807) is 6.07 Å². The fraction of sp³-hybridized carbons (Fsp3) is 0.167. The second kappa shape index (κ2) is 5.27. The molecule has 0 saturated carbocycles. The summed E-state index contributed by atoms with van der Waals surface area (Å²) >= 11 is 0. The Morgan fingerprint density at radius 1 is 1.29 bits per heavy atom. The van der Waals surface area contributed by atoms with Gasteiger partial charge >= 0.3 is 0 Å². The Hall–Kier alpha value is -2.14. The Kier molecular flexibility index (Phi) is 3.52. The van der Waals surface area contributed by atoms with Gasteiger partial charge in [-0.1, -0.05) is 24.3 Å². The SMILES string of the molecule is O=C(NCc1ccccc1CO)c1ccn[nH]1. The lowest BCUT2D eigenvalue weighted by Gasteiger charge is -2.07. The second-order valence-corrected chi connectivity index (χ2v) is 3.58. The van der Waals surface area contributed by atoms with Crippen LogP contribution in [0.25, 0.3) is 0 Å². The molecular weight excluding hydrogens is 218 g/mol. The molecule has 1 heterocycles. The first-order valence-electron chi connectivity index (χ1n) is 5.26. The average molecular weight is 231 g/mol. The molecule has 5 heteroatoms. The van der Waals surface area contributed by atoms with E-state index >= 15 is 0 Å². The topological polar surface area (TPSA) is 78.0 Å². The van der Waals surface area contributed by atoms with Crippen LogP contribution in [0.3, 0.4) is 0 Å². The van der Waals surface area contributed by atoms with Crippen LogP contribution in [0.5, 0.6) is 0 Å². The molecule has 0 saturated heterocycles. The van der Waals surface area contributed by atoms with Gasteiger partial charge in [0.05, 0.1) is 6.61 Å². The van der Waals surface area contributed by atoms with Gasteiger partial charge in [-0.25, -0.2) is 0 Å². The van der Waals surface area contributed by atoms with Crippen molar-refractivity contribution >= 4 is 5.91 Å². The lowest BCUT2D eigenvalue weighted by atomic mass is 10.1. The summed E-state index contributed by atoms with van der Waals surface area (Å²) in [5, 5.41) is 18.2. The van der Waals surface area contributed by atoms with Crippen molar-refractivity contribution in [2.45, 2.75) is 13.2 Å². The first kappa shape index (κ1) is 11.3. The van der Waals surface area contributed by atoms with Gasteiger partial charge in [-0.15, -0.1) is 0 Å². The fourth-order valence-electron chi connectivity index (χ4n) is 1.54. The summed E-state index contributed by atoms with van der Waals surface area (Å²) in [5.74, 6) is -0.213. The van der Waals surface area contributed by atoms with Gasteiger partial charge in [0.25, 0.3) is 5.91 Å². The number of aliphatic hydroxyl groups is 1. The highest BCUT2D eigenvalue weighted by molar-refractivity contribution is 5.92. The molecule has 3 N–H and O–H groups in total. The number of nitrogens with one attached hydrogen (secondary N) is 2. The zero-order valence-corrected chi connectivity index (χ0v) is 9.18. The Labute approximate surface area is 98.5 Å². The number of aromatic amines is 1. The molecule has 17 heavy (non-hydrogen) atoms. The number of aliphatic hydroxyl groups excluding tert-OH is 1. The summed E-state index contributed by atoms with van der Waals surface area (Å²) in [4.78, 5) is 11.6. The highest BCUT2D eigenvalue weighted by Gasteiger charge is 2.07. The van der Waals surface area contributed by atoms with E-state index in [1.165, 1.54) is 6.20 Å². The van der Waals surface area contributed by atoms with Crippen molar-refractivity contribution in [3.63, 3.8) is 0 Å². The lowest BCUT2D eigenvalue weighted by Crippen LogP contribution is -2.23. The molecule has 0 aliphatic carbocycles. The van der Waals surface area contributed by atoms with Gasteiger partial charge in [0.2, 0.25) is 0 Å². The molecule has 0 aliphatic heterocycles. The van der Waals surface area contributed by atoms with Gasteiger partial charge in [-0.2, -0.15) is 5.10 Å². The zero-order chi connectivity index (χ0) is 12.1. The minimum atomic E-state index is -0.213. The second-order valence-electron chi connectivity index (χ2n) is 3.58. The van der Waals surface area contributed by atoms with Crippen molar-refractivity contribution in [1.29, 1.82) is 0 Å². The summed E-state index contributed by atoms with van der Waals surface area (Å²) in [7, 11) is 0. The van der Waals surface area contributed by atoms with Crippen LogP contribution >= 0.6 is 0 Å². The maximum absolute atomic E-state index is 11.6. The van der Waals surface area contributed by atoms with E-state index in [-0.39, 0.29) is 12.5 Å². The molecule has 5 nitrogen and oxygen atoms in total. The van der Waals surface area contributed by atoms with Crippen LogP contribution in [0.15, 0.2) is 36.5 Å². The number of carbonyl (C=O) groups is 1. The standard InChI is InChI=1S/C12H13N3O2/c16-8-10-4-2-1-3-9(10)7-13-12(17)11-5-6-14-15-11/h1-6,16H,7-8H2,(H,13,17)(H,14,15). The van der Waals surface area contributed by atoms with Crippen molar-refractivity contribution in [1.82, 2.24) is 15.5 Å². The van der Waals surface area contributed by atoms with Gasteiger partial charge in [-0.3, -0.25) is 9.89 Å². The number of carbonyl (C=O) groups excluding carboxylic acids is 1. The molecule has 0 bridgehead atoms. The van der Waals surface area contributed by atoms with Gasteiger partial charge in [-0.05, 0) is 17.2 Å². The third-order valence-corrected chi connectivity index (χ3v) is 2.47. The van der Waals surface area contributed by atoms with Gasteiger partial charge in [0.1, 0.15) is 5.69 Å². The number of aromatic nitrogens is 2. The lowest BCUT2D eigenvalue weighted by molar-refractivity contribution is 0.0945. The van der Waals surface area contributed by atoms with E-state index in [0.717, 1.165) is 11.1 Å². The molecule has 0 fully saturated rings. The van der Waals surface area contributed by atoms with E-state index in [4.69, 9.17) is 5.11 Å². The molecular formula is C12H13N3O2. The maximum Gasteiger partial charge on any atom is 0.269 e. The largest absolute Gasteiger partial charge is 0.392 e. The van der Waals surface area contributed by atoms with Crippen molar-refractivity contribution in [3.8, 4) is 0 Å². The number of amides is 1. The predicted octanol–water partition coefficient (Wildman–Crippen LogP) is 0.832. The molecule has 1 amide bonds. The van der Waals surface area contributed by atoms with Gasteiger partial charge in [0, 0.05) is 12.7 Å². The summed E-state index contributed by atoms with van der Waals surface area (Å²) < 4.78 is 0. The van der Waals surface area contributed by atoms with E-state index < -0.39 is 0 Å². The minimum Gasteiger partial charge on any atom is -0.392 e. The molecule has 0 spiro atoms. The maximum atomic E-state index is 11.6. The molecule has 2 rings (SSSR count). The van der Waals surface area contributed by atoms with Gasteiger partial charge < -0.3 is 10.4 Å². The minimum absolute atomic E-state index is 0.0316. The zero-order valence-electron chi connectivity index (χ0n) is 9.18. The molecule has 0 unspecified atom stereocenters. The van der Waals surface area contributed by atoms with E-state index in [9.17, 15) is 4.79 Å². The van der Waals surface area contributed by atoms with Crippen molar-refractivity contribution in [3.05, 3.63) is 53.3 Å². The van der Waals surface area contributed by atoms with Crippen LogP contribution in [0.2, 0.25) is 0 Å². The summed E-state index contributed by atoms with van der Waals surface area (Å²) in [6.07, 6.45) is 1.52. The summed E-state index contributed by atoms with van der Waals surface area (Å²) in [5.41, 5.74) is 2.15. The monoisotopic (exact) mass is 231 g/mol. The summed E-state index contributed by atoms with van der Waals surface area (Å²) in [6.45, 7) is 0.352. The normalized spacial score (nSPS) is 10.2. The molecule has 88 valence electrons. The van der Waals surface area contributed by atoms with Crippen LogP contribution in [0.4, 0.5) is 0 Å². The van der Waals surface area contributed by atoms with E-state index in [2.05, 4.69) is 15.5 Å². The number of hydrogen-bond donors (Lipinski definition) is 3. The highest BCUT2D eigenvalue weighted by atomic mass is 16.3. The van der Waals surface area contributed by atoms with Crippen LogP contribution in [0, 0.1) is 0 Å². The van der Waals surface area contributed by atoms with Crippen molar-refractivity contribution < 1.29 is 9.90 Å². The van der Waals surface area contributed by atoms with Crippen molar-refractivity contribution in [2.75, 3.05) is 0 Å². The number of rotatable bonds is 4. The molecule has 1 aromatic heterocycles. The van der Waals surface area contributed by atoms with Crippen LogP contribution < -0.4 is 5.32 Å². The fourth-order valence-corrected chi connectivity index (χ4v) is 1.54. The molecule has 0 atom stereocenters.